The van der Waals surface area contributed by atoms with Gasteiger partial charge < -0.3 is 20.5 Å². The first-order chi connectivity index (χ1) is 16.8. The van der Waals surface area contributed by atoms with Gasteiger partial charge in [-0.15, -0.1) is 0 Å². The fraction of sp³-hybridized carbons (Fsp3) is 0.259. The van der Waals surface area contributed by atoms with Gasteiger partial charge in [-0.2, -0.15) is 0 Å². The molecule has 3 rings (SSSR count). The number of aliphatic hydroxyl groups is 1. The molecule has 1 aliphatic carbocycles. The Bertz CT molecular complexity index is 1130. The van der Waals surface area contributed by atoms with Crippen molar-refractivity contribution in [3.05, 3.63) is 77.9 Å². The van der Waals surface area contributed by atoms with Crippen LogP contribution in [0.5, 0.6) is 5.75 Å². The number of anilines is 2. The van der Waals surface area contributed by atoms with E-state index in [0.29, 0.717) is 47.5 Å². The molecule has 1 aliphatic rings. The Morgan fingerprint density at radius 3 is 2.29 bits per heavy atom. The first kappa shape index (κ1) is 25.6. The summed E-state index contributed by atoms with van der Waals surface area (Å²) < 4.78 is 5.33. The minimum atomic E-state index is -0.666. The van der Waals surface area contributed by atoms with Crippen LogP contribution in [0.2, 0.25) is 0 Å². The monoisotopic (exact) mass is 476 g/mol. The molecule has 0 saturated carbocycles. The lowest BCUT2D eigenvalue weighted by atomic mass is 10.1. The van der Waals surface area contributed by atoms with E-state index in [1.807, 2.05) is 12.2 Å². The van der Waals surface area contributed by atoms with Gasteiger partial charge in [0.1, 0.15) is 5.75 Å². The third-order valence-corrected chi connectivity index (χ3v) is 5.21. The molecule has 0 spiro atoms. The summed E-state index contributed by atoms with van der Waals surface area (Å²) in [6.07, 6.45) is 6.90. The summed E-state index contributed by atoms with van der Waals surface area (Å²) in [7, 11) is 0. The van der Waals surface area contributed by atoms with Crippen molar-refractivity contribution in [2.45, 2.75) is 45.1 Å². The van der Waals surface area contributed by atoms with Gasteiger partial charge in [-0.25, -0.2) is 0 Å². The van der Waals surface area contributed by atoms with Crippen LogP contribution in [-0.4, -0.2) is 34.8 Å². The number of esters is 1. The summed E-state index contributed by atoms with van der Waals surface area (Å²) in [5.74, 6) is -0.483. The summed E-state index contributed by atoms with van der Waals surface area (Å²) >= 11 is 0. The highest BCUT2D eigenvalue weighted by molar-refractivity contribution is 6.04. The predicted molar refractivity (Wildman–Crippen MR) is 132 cm³/mol. The van der Waals surface area contributed by atoms with Crippen LogP contribution in [-0.2, 0) is 14.4 Å². The smallest absolute Gasteiger partial charge is 0.311 e. The highest BCUT2D eigenvalue weighted by Crippen LogP contribution is 2.19. The summed E-state index contributed by atoms with van der Waals surface area (Å²) in [4.78, 5) is 47.1. The van der Waals surface area contributed by atoms with E-state index in [-0.39, 0.29) is 36.4 Å². The number of carbonyl (C=O) groups excluding carboxylic acids is 4. The molecular formula is C27H28N2O6. The van der Waals surface area contributed by atoms with E-state index < -0.39 is 6.10 Å². The lowest BCUT2D eigenvalue weighted by Crippen LogP contribution is -2.12. The first-order valence-electron chi connectivity index (χ1n) is 11.4. The van der Waals surface area contributed by atoms with Crippen LogP contribution in [0.25, 0.3) is 0 Å². The molecule has 0 saturated heterocycles. The number of ether oxygens (including phenoxy) is 1. The molecule has 182 valence electrons. The molecule has 2 amide bonds. The second kappa shape index (κ2) is 12.4. The Hall–Kier alpha value is -4.04. The zero-order valence-electron chi connectivity index (χ0n) is 19.5. The Kier molecular flexibility index (Phi) is 9.09. The number of benzene rings is 2. The van der Waals surface area contributed by atoms with Gasteiger partial charge in [-0.1, -0.05) is 12.2 Å². The third-order valence-electron chi connectivity index (χ3n) is 5.21. The molecule has 0 aromatic heterocycles. The van der Waals surface area contributed by atoms with E-state index in [1.165, 1.54) is 6.92 Å². The van der Waals surface area contributed by atoms with Crippen molar-refractivity contribution in [3.8, 4) is 5.75 Å². The van der Waals surface area contributed by atoms with Gasteiger partial charge in [0.25, 0.3) is 5.91 Å². The van der Waals surface area contributed by atoms with Crippen molar-refractivity contribution in [1.29, 1.82) is 0 Å². The highest BCUT2D eigenvalue weighted by atomic mass is 16.5. The minimum absolute atomic E-state index is 0.0198. The highest BCUT2D eigenvalue weighted by Gasteiger charge is 2.20. The number of ketones is 1. The van der Waals surface area contributed by atoms with E-state index in [9.17, 15) is 24.3 Å². The van der Waals surface area contributed by atoms with Gasteiger partial charge in [0.2, 0.25) is 5.91 Å². The van der Waals surface area contributed by atoms with E-state index in [1.54, 1.807) is 54.6 Å². The molecule has 3 N–H and O–H groups in total. The molecule has 35 heavy (non-hydrogen) atoms. The van der Waals surface area contributed by atoms with Crippen LogP contribution in [0.3, 0.4) is 0 Å². The number of nitrogens with one attached hydrogen (secondary N) is 2. The fourth-order valence-corrected chi connectivity index (χ4v) is 3.48. The van der Waals surface area contributed by atoms with E-state index in [2.05, 4.69) is 10.6 Å². The Labute approximate surface area is 203 Å². The standard InChI is InChI=1S/C27H28N2O6/c1-18(30)28-21-10-8-19(9-11-21)27(34)29-22-12-14-24(15-13-22)35-26(33)7-5-3-2-4-6-20-16-23(31)17-25(20)32/h2,4,8-16,23,31H,3,5-7,17H2,1H3,(H,28,30)(H,29,34)/b4-2-. The van der Waals surface area contributed by atoms with Gasteiger partial charge >= 0.3 is 5.97 Å². The molecule has 1 atom stereocenters. The molecule has 0 aliphatic heterocycles. The number of rotatable bonds is 10. The maximum Gasteiger partial charge on any atom is 0.311 e. The lowest BCUT2D eigenvalue weighted by molar-refractivity contribution is -0.134. The molecule has 2 aromatic rings. The van der Waals surface area contributed by atoms with Gasteiger partial charge in [0.15, 0.2) is 5.78 Å². The normalized spacial score (nSPS) is 15.1. The molecule has 2 aromatic carbocycles. The Balaban J connectivity index is 1.37. The van der Waals surface area contributed by atoms with Crippen LogP contribution in [0.4, 0.5) is 11.4 Å². The molecule has 0 radical (unpaired) electrons. The van der Waals surface area contributed by atoms with Gasteiger partial charge in [0, 0.05) is 36.7 Å². The molecule has 0 fully saturated rings. The topological polar surface area (TPSA) is 122 Å². The molecular weight excluding hydrogens is 448 g/mol. The number of allylic oxidation sites excluding steroid dienone is 3. The van der Waals surface area contributed by atoms with Crippen molar-refractivity contribution >= 4 is 34.9 Å². The maximum atomic E-state index is 12.4. The largest absolute Gasteiger partial charge is 0.427 e. The Morgan fingerprint density at radius 2 is 1.66 bits per heavy atom. The van der Waals surface area contributed by atoms with Crippen LogP contribution < -0.4 is 15.4 Å². The zero-order valence-corrected chi connectivity index (χ0v) is 19.5. The SMILES string of the molecule is CC(=O)Nc1ccc(C(=O)Nc2ccc(OC(=O)CCC/C=C\CC3=CC(O)CC3=O)cc2)cc1. The second-order valence-corrected chi connectivity index (χ2v) is 8.17. The van der Waals surface area contributed by atoms with Gasteiger partial charge in [0.05, 0.1) is 6.10 Å². The molecule has 0 heterocycles. The van der Waals surface area contributed by atoms with Crippen molar-refractivity contribution in [1.82, 2.24) is 0 Å². The minimum Gasteiger partial charge on any atom is -0.427 e. The van der Waals surface area contributed by atoms with Crippen LogP contribution in [0, 0.1) is 0 Å². The molecule has 0 bridgehead atoms. The average molecular weight is 477 g/mol. The zero-order chi connectivity index (χ0) is 25.2. The number of carbonyl (C=O) groups is 4. The Morgan fingerprint density at radius 1 is 1.00 bits per heavy atom. The van der Waals surface area contributed by atoms with Crippen LogP contribution >= 0.6 is 0 Å². The predicted octanol–water partition coefficient (Wildman–Crippen LogP) is 4.18. The van der Waals surface area contributed by atoms with Crippen molar-refractivity contribution in [2.75, 3.05) is 10.6 Å². The molecule has 1 unspecified atom stereocenters. The maximum absolute atomic E-state index is 12.4. The van der Waals surface area contributed by atoms with Gasteiger partial charge in [-0.05, 0) is 79.4 Å². The average Bonchev–Trinajstić information content (AvgIpc) is 3.14. The third kappa shape index (κ3) is 8.35. The van der Waals surface area contributed by atoms with Crippen molar-refractivity contribution in [2.24, 2.45) is 0 Å². The summed E-state index contributed by atoms with van der Waals surface area (Å²) in [5, 5.41) is 14.8. The number of Topliss-reactive ketones (excluding diaryl/α,β-unsaturated/α-hetero) is 1. The van der Waals surface area contributed by atoms with Crippen LogP contribution in [0.1, 0.15) is 49.4 Å². The van der Waals surface area contributed by atoms with E-state index in [4.69, 9.17) is 4.74 Å². The number of hydrogen-bond acceptors (Lipinski definition) is 6. The quantitative estimate of drug-likeness (QED) is 0.205. The van der Waals surface area contributed by atoms with Gasteiger partial charge in [-0.3, -0.25) is 19.2 Å². The second-order valence-electron chi connectivity index (χ2n) is 8.17. The fourth-order valence-electron chi connectivity index (χ4n) is 3.48. The lowest BCUT2D eigenvalue weighted by Gasteiger charge is -2.08. The molecule has 8 heteroatoms. The number of unbranched alkanes of at least 4 members (excludes halogenated alkanes) is 1. The first-order valence-corrected chi connectivity index (χ1v) is 11.4. The van der Waals surface area contributed by atoms with E-state index >= 15 is 0 Å². The number of hydrogen-bond donors (Lipinski definition) is 3. The summed E-state index contributed by atoms with van der Waals surface area (Å²) in [5.41, 5.74) is 2.23. The number of aliphatic hydroxyl groups excluding tert-OH is 1. The molecule has 8 nitrogen and oxygen atoms in total. The summed E-state index contributed by atoms with van der Waals surface area (Å²) in [6.45, 7) is 1.41. The van der Waals surface area contributed by atoms with Crippen LogP contribution in [0.15, 0.2) is 72.3 Å². The number of amides is 2. The van der Waals surface area contributed by atoms with E-state index in [0.717, 1.165) is 0 Å². The van der Waals surface area contributed by atoms with Crippen molar-refractivity contribution in [3.63, 3.8) is 0 Å². The summed E-state index contributed by atoms with van der Waals surface area (Å²) in [6, 6.07) is 13.0. The van der Waals surface area contributed by atoms with Crippen molar-refractivity contribution < 1.29 is 29.0 Å².